The van der Waals surface area contributed by atoms with E-state index in [4.69, 9.17) is 28.4 Å². The molecule has 0 aliphatic carbocycles. The van der Waals surface area contributed by atoms with Gasteiger partial charge in [0, 0.05) is 6.42 Å². The van der Waals surface area contributed by atoms with Crippen LogP contribution in [0.2, 0.25) is 0 Å². The molecule has 0 spiro atoms. The third-order valence-electron chi connectivity index (χ3n) is 15.1. The Balaban J connectivity index is 1.51. The maximum atomic E-state index is 13.3. The lowest BCUT2D eigenvalue weighted by Crippen LogP contribution is -2.66. The maximum absolute atomic E-state index is 13.3. The Labute approximate surface area is 501 Å². The summed E-state index contributed by atoms with van der Waals surface area (Å²) in [5.74, 6) is -0.338. The van der Waals surface area contributed by atoms with Gasteiger partial charge in [0.05, 0.1) is 38.6 Å². The summed E-state index contributed by atoms with van der Waals surface area (Å²) in [6, 6.07) is -1.01. The fraction of sp³-hybridized carbons (Fsp3) is 0.738. The van der Waals surface area contributed by atoms with Crippen molar-refractivity contribution in [2.45, 2.75) is 279 Å². The van der Waals surface area contributed by atoms with E-state index in [2.05, 4.69) is 98.2 Å². The zero-order chi connectivity index (χ0) is 61.2. The molecule has 0 saturated carbocycles. The van der Waals surface area contributed by atoms with Crippen molar-refractivity contribution in [1.82, 2.24) is 5.32 Å². The van der Waals surface area contributed by atoms with Crippen LogP contribution in [0, 0.1) is 0 Å². The van der Waals surface area contributed by atoms with Crippen LogP contribution in [-0.2, 0) is 33.2 Å². The van der Waals surface area contributed by atoms with Gasteiger partial charge in [-0.3, -0.25) is 4.79 Å². The lowest BCUT2D eigenvalue weighted by molar-refractivity contribution is -0.379. The molecular formula is C65H109NO18. The van der Waals surface area contributed by atoms with Crippen LogP contribution in [0.5, 0.6) is 0 Å². The summed E-state index contributed by atoms with van der Waals surface area (Å²) < 4.78 is 34.2. The second kappa shape index (κ2) is 46.8. The Morgan fingerprint density at radius 2 is 0.821 bits per heavy atom. The van der Waals surface area contributed by atoms with E-state index in [1.54, 1.807) is 6.08 Å². The van der Waals surface area contributed by atoms with Gasteiger partial charge in [-0.15, -0.1) is 0 Å². The lowest BCUT2D eigenvalue weighted by Gasteiger charge is -2.48. The molecule has 0 radical (unpaired) electrons. The molecule has 17 unspecified atom stereocenters. The van der Waals surface area contributed by atoms with Gasteiger partial charge in [0.15, 0.2) is 18.9 Å². The summed E-state index contributed by atoms with van der Waals surface area (Å²) in [5.41, 5.74) is 0. The molecule has 0 aromatic heterocycles. The first kappa shape index (κ1) is 75.0. The molecule has 482 valence electrons. The molecule has 3 fully saturated rings. The monoisotopic (exact) mass is 1190 g/mol. The van der Waals surface area contributed by atoms with Crippen molar-refractivity contribution in [3.8, 4) is 0 Å². The SMILES string of the molecule is CC/C=C\C/C=C\C/C=C\C/C=C\C/C=C\C/C=C\C/C=C\CCCC(=O)NC(COC1OC(CO)C(OC2OC(CO)C(OC3OC(CO)C(O)C(O)C3O)C(O)C2O)C(O)C1O)C(O)/C=C/CCCCCCCCCCCCCCCC. The standard InChI is InChI=1S/C65H109NO18/c1-3-5-7-9-11-13-15-17-19-21-22-23-24-25-26-27-29-31-33-35-37-39-41-43-53(71)66-48(49(70)42-40-38-36-34-32-30-28-20-18-16-14-12-10-8-6-4-2)47-79-63-59(77)56(74)61(51(45-68)81-63)84-65-60(78)57(75)62(52(46-69)82-65)83-64-58(76)55(73)54(72)50(44-67)80-64/h5,7,11,13,17,19,22-23,25-26,29,31,35,37,40,42,48-52,54-65,67-70,72-78H,3-4,6,8-10,12,14-16,18,20-21,24,27-28,30,32-34,36,38-39,41,43-47H2,1-2H3,(H,66,71)/b7-5-,13-11-,19-17-,23-22-,26-25-,31-29-,37-35-,42-40+. The normalized spacial score (nSPS) is 29.8. The molecule has 17 atom stereocenters. The number of amides is 1. The molecule has 0 aromatic rings. The largest absolute Gasteiger partial charge is 0.394 e. The van der Waals surface area contributed by atoms with Crippen LogP contribution in [0.15, 0.2) is 97.2 Å². The van der Waals surface area contributed by atoms with E-state index < -0.39 is 124 Å². The number of nitrogens with one attached hydrogen (secondary N) is 1. The second-order valence-corrected chi connectivity index (χ2v) is 22.1. The van der Waals surface area contributed by atoms with Crippen LogP contribution in [0.4, 0.5) is 0 Å². The zero-order valence-electron chi connectivity index (χ0n) is 50.3. The van der Waals surface area contributed by atoms with Gasteiger partial charge < -0.3 is 89.9 Å². The lowest BCUT2D eigenvalue weighted by atomic mass is 9.96. The molecule has 84 heavy (non-hydrogen) atoms. The Morgan fingerprint density at radius 3 is 1.27 bits per heavy atom. The number of ether oxygens (including phenoxy) is 6. The van der Waals surface area contributed by atoms with Gasteiger partial charge in [0.2, 0.25) is 5.91 Å². The fourth-order valence-corrected chi connectivity index (χ4v) is 10.0. The summed E-state index contributed by atoms with van der Waals surface area (Å²) in [7, 11) is 0. The number of aliphatic hydroxyl groups is 11. The number of hydrogen-bond donors (Lipinski definition) is 12. The van der Waals surface area contributed by atoms with E-state index in [9.17, 15) is 61.0 Å². The predicted molar refractivity (Wildman–Crippen MR) is 323 cm³/mol. The molecule has 3 aliphatic heterocycles. The van der Waals surface area contributed by atoms with Gasteiger partial charge in [-0.2, -0.15) is 0 Å². The molecule has 0 bridgehead atoms. The summed E-state index contributed by atoms with van der Waals surface area (Å²) in [5, 5.41) is 120. The maximum Gasteiger partial charge on any atom is 0.220 e. The van der Waals surface area contributed by atoms with Gasteiger partial charge in [-0.05, 0) is 70.6 Å². The zero-order valence-corrected chi connectivity index (χ0v) is 50.3. The van der Waals surface area contributed by atoms with E-state index in [0.29, 0.717) is 12.8 Å². The molecular weight excluding hydrogens is 1080 g/mol. The van der Waals surface area contributed by atoms with Crippen LogP contribution in [0.3, 0.4) is 0 Å². The minimum atomic E-state index is -1.99. The van der Waals surface area contributed by atoms with E-state index in [1.807, 2.05) is 12.2 Å². The predicted octanol–water partition coefficient (Wildman–Crippen LogP) is 6.54. The average molecular weight is 1190 g/mol. The van der Waals surface area contributed by atoms with Gasteiger partial charge >= 0.3 is 0 Å². The molecule has 19 nitrogen and oxygen atoms in total. The van der Waals surface area contributed by atoms with Crippen molar-refractivity contribution in [2.24, 2.45) is 0 Å². The highest BCUT2D eigenvalue weighted by Gasteiger charge is 2.53. The summed E-state index contributed by atoms with van der Waals surface area (Å²) >= 11 is 0. The van der Waals surface area contributed by atoms with Crippen molar-refractivity contribution >= 4 is 5.91 Å². The van der Waals surface area contributed by atoms with Gasteiger partial charge in [-0.1, -0.05) is 195 Å². The highest BCUT2D eigenvalue weighted by molar-refractivity contribution is 5.76. The number of aliphatic hydroxyl groups excluding tert-OH is 11. The van der Waals surface area contributed by atoms with Crippen LogP contribution in [0.25, 0.3) is 0 Å². The van der Waals surface area contributed by atoms with E-state index in [0.717, 1.165) is 70.6 Å². The van der Waals surface area contributed by atoms with E-state index >= 15 is 0 Å². The van der Waals surface area contributed by atoms with E-state index in [1.165, 1.54) is 70.6 Å². The first-order valence-corrected chi connectivity index (χ1v) is 31.5. The molecule has 3 saturated heterocycles. The highest BCUT2D eigenvalue weighted by atomic mass is 16.8. The Morgan fingerprint density at radius 1 is 0.440 bits per heavy atom. The van der Waals surface area contributed by atoms with Crippen molar-refractivity contribution in [3.63, 3.8) is 0 Å². The molecule has 3 aliphatic rings. The van der Waals surface area contributed by atoms with Crippen molar-refractivity contribution in [3.05, 3.63) is 97.2 Å². The average Bonchev–Trinajstić information content (AvgIpc) is 3.69. The van der Waals surface area contributed by atoms with Gasteiger partial charge in [0.25, 0.3) is 0 Å². The molecule has 1 amide bonds. The number of hydrogen-bond acceptors (Lipinski definition) is 18. The van der Waals surface area contributed by atoms with Gasteiger partial charge in [-0.25, -0.2) is 0 Å². The summed E-state index contributed by atoms with van der Waals surface area (Å²) in [6.07, 6.45) is 32.4. The van der Waals surface area contributed by atoms with Crippen LogP contribution < -0.4 is 5.32 Å². The Bertz CT molecular complexity index is 1910. The molecule has 12 N–H and O–H groups in total. The molecule has 3 heterocycles. The van der Waals surface area contributed by atoms with Crippen molar-refractivity contribution in [2.75, 3.05) is 26.4 Å². The Kier molecular flexibility index (Phi) is 41.8. The first-order valence-electron chi connectivity index (χ1n) is 31.5. The van der Waals surface area contributed by atoms with Crippen molar-refractivity contribution in [1.29, 1.82) is 0 Å². The summed E-state index contributed by atoms with van der Waals surface area (Å²) in [4.78, 5) is 13.3. The first-order chi connectivity index (χ1) is 40.8. The van der Waals surface area contributed by atoms with Crippen LogP contribution in [0.1, 0.15) is 174 Å². The quantitative estimate of drug-likeness (QED) is 0.0228. The minimum Gasteiger partial charge on any atom is -0.394 e. The highest BCUT2D eigenvalue weighted by Crippen LogP contribution is 2.33. The molecule has 3 rings (SSSR count). The minimum absolute atomic E-state index is 0.157. The second-order valence-electron chi connectivity index (χ2n) is 22.1. The fourth-order valence-electron chi connectivity index (χ4n) is 10.0. The smallest absolute Gasteiger partial charge is 0.220 e. The molecule has 19 heteroatoms. The third kappa shape index (κ3) is 29.6. The number of unbranched alkanes of at least 4 members (excludes halogenated alkanes) is 15. The topological polar surface area (TPSA) is 307 Å². The van der Waals surface area contributed by atoms with Crippen LogP contribution >= 0.6 is 0 Å². The van der Waals surface area contributed by atoms with Crippen LogP contribution in [-0.4, -0.2) is 193 Å². The molecule has 0 aromatic carbocycles. The van der Waals surface area contributed by atoms with E-state index in [-0.39, 0.29) is 18.9 Å². The third-order valence-corrected chi connectivity index (χ3v) is 15.1. The van der Waals surface area contributed by atoms with Gasteiger partial charge in [0.1, 0.15) is 73.2 Å². The number of carbonyl (C=O) groups excluding carboxylic acids is 1. The van der Waals surface area contributed by atoms with Crippen molar-refractivity contribution < 1.29 is 89.4 Å². The number of rotatable bonds is 45. The summed E-state index contributed by atoms with van der Waals surface area (Å²) in [6.45, 7) is 1.55. The number of allylic oxidation sites excluding steroid dienone is 15. The Hall–Kier alpha value is -3.29. The number of carbonyl (C=O) groups is 1.